The molecule has 1 aromatic heterocycles. The van der Waals surface area contributed by atoms with Crippen LogP contribution in [0, 0.1) is 0 Å². The van der Waals surface area contributed by atoms with Gasteiger partial charge in [-0.05, 0) is 44.0 Å². The fourth-order valence-electron chi connectivity index (χ4n) is 3.37. The van der Waals surface area contributed by atoms with Crippen molar-refractivity contribution in [1.29, 1.82) is 0 Å². The third-order valence-electron chi connectivity index (χ3n) is 4.76. The van der Waals surface area contributed by atoms with Gasteiger partial charge in [-0.25, -0.2) is 4.98 Å². The highest BCUT2D eigenvalue weighted by Crippen LogP contribution is 2.31. The van der Waals surface area contributed by atoms with Crippen LogP contribution in [0.3, 0.4) is 0 Å². The molecule has 2 atom stereocenters. The predicted octanol–water partition coefficient (Wildman–Crippen LogP) is 4.48. The molecule has 3 rings (SSSR count). The average Bonchev–Trinajstić information content (AvgIpc) is 2.72. The number of nitrogens with zero attached hydrogens (tertiary/aromatic N) is 2. The molecule has 162 valence electrons. The second kappa shape index (κ2) is 10.8. The van der Waals surface area contributed by atoms with Crippen LogP contribution in [0.5, 0.6) is 5.75 Å². The molecule has 1 fully saturated rings. The summed E-state index contributed by atoms with van der Waals surface area (Å²) >= 11 is 12.0. The van der Waals surface area contributed by atoms with Crippen LogP contribution in [0.15, 0.2) is 36.5 Å². The van der Waals surface area contributed by atoms with E-state index in [4.69, 9.17) is 32.7 Å². The molecule has 8 heteroatoms. The van der Waals surface area contributed by atoms with Crippen LogP contribution < -0.4 is 15.0 Å². The van der Waals surface area contributed by atoms with Crippen molar-refractivity contribution in [2.75, 3.05) is 24.6 Å². The minimum Gasteiger partial charge on any atom is -0.492 e. The van der Waals surface area contributed by atoms with Gasteiger partial charge in [0.2, 0.25) is 5.91 Å². The van der Waals surface area contributed by atoms with Gasteiger partial charge in [0.1, 0.15) is 16.6 Å². The van der Waals surface area contributed by atoms with Crippen molar-refractivity contribution in [3.05, 3.63) is 52.1 Å². The van der Waals surface area contributed by atoms with E-state index in [0.29, 0.717) is 41.8 Å². The van der Waals surface area contributed by atoms with Crippen molar-refractivity contribution in [2.24, 2.45) is 0 Å². The van der Waals surface area contributed by atoms with Crippen LogP contribution in [-0.2, 0) is 16.1 Å². The zero-order valence-electron chi connectivity index (χ0n) is 17.2. The van der Waals surface area contributed by atoms with Crippen LogP contribution in [0.25, 0.3) is 0 Å². The molecule has 1 N–H and O–H groups in total. The second-order valence-corrected chi connectivity index (χ2v) is 8.25. The lowest BCUT2D eigenvalue weighted by molar-refractivity contribution is -0.121. The van der Waals surface area contributed by atoms with E-state index in [2.05, 4.69) is 29.0 Å². The van der Waals surface area contributed by atoms with Gasteiger partial charge >= 0.3 is 0 Å². The van der Waals surface area contributed by atoms with Gasteiger partial charge in [-0.1, -0.05) is 35.3 Å². The number of ether oxygens (including phenoxy) is 2. The van der Waals surface area contributed by atoms with E-state index < -0.39 is 0 Å². The van der Waals surface area contributed by atoms with E-state index in [1.807, 2.05) is 18.3 Å². The summed E-state index contributed by atoms with van der Waals surface area (Å²) in [5.74, 6) is 1.43. The van der Waals surface area contributed by atoms with Crippen molar-refractivity contribution in [3.8, 4) is 5.75 Å². The smallest absolute Gasteiger partial charge is 0.220 e. The maximum atomic E-state index is 12.1. The number of hydrogen-bond donors (Lipinski definition) is 1. The Hall–Kier alpha value is -2.02. The molecule has 0 aliphatic carbocycles. The van der Waals surface area contributed by atoms with E-state index in [-0.39, 0.29) is 18.1 Å². The number of hydrogen-bond acceptors (Lipinski definition) is 5. The second-order valence-electron chi connectivity index (χ2n) is 7.47. The zero-order chi connectivity index (χ0) is 21.5. The van der Waals surface area contributed by atoms with Gasteiger partial charge in [0.15, 0.2) is 0 Å². The van der Waals surface area contributed by atoms with Gasteiger partial charge in [0.05, 0.1) is 23.8 Å². The lowest BCUT2D eigenvalue weighted by Gasteiger charge is -2.36. The Kier molecular flexibility index (Phi) is 8.19. The number of rotatable bonds is 8. The summed E-state index contributed by atoms with van der Waals surface area (Å²) in [7, 11) is 0. The van der Waals surface area contributed by atoms with Crippen molar-refractivity contribution in [2.45, 2.75) is 45.4 Å². The van der Waals surface area contributed by atoms with Crippen molar-refractivity contribution in [3.63, 3.8) is 0 Å². The topological polar surface area (TPSA) is 63.7 Å². The number of halogens is 2. The molecule has 0 bridgehead atoms. The molecular weight excluding hydrogens is 425 g/mol. The van der Waals surface area contributed by atoms with Crippen molar-refractivity contribution >= 4 is 34.9 Å². The van der Waals surface area contributed by atoms with Crippen LogP contribution in [-0.4, -0.2) is 42.8 Å². The number of morpholine rings is 1. The standard InChI is InChI=1S/C22H27Cl2N3O3/c1-15-13-27(14-16(2)30-15)20-9-8-17(11-25-20)12-26-21(28)7-4-10-29-19-6-3-5-18(23)22(19)24/h3,5-6,8-9,11,15-16H,4,7,10,12-14H2,1-2H3,(H,26,28). The molecule has 0 radical (unpaired) electrons. The molecule has 1 aliphatic heterocycles. The third-order valence-corrected chi connectivity index (χ3v) is 5.57. The normalized spacial score (nSPS) is 18.9. The molecule has 2 aromatic rings. The maximum Gasteiger partial charge on any atom is 0.220 e. The van der Waals surface area contributed by atoms with Gasteiger partial charge in [0.25, 0.3) is 0 Å². The molecule has 1 saturated heterocycles. The van der Waals surface area contributed by atoms with Crippen LogP contribution >= 0.6 is 23.2 Å². The van der Waals surface area contributed by atoms with Crippen LogP contribution in [0.1, 0.15) is 32.3 Å². The molecule has 1 amide bonds. The Morgan fingerprint density at radius 2 is 2.00 bits per heavy atom. The first kappa shape index (κ1) is 22.7. The highest BCUT2D eigenvalue weighted by Gasteiger charge is 2.22. The minimum atomic E-state index is -0.0318. The Morgan fingerprint density at radius 1 is 1.23 bits per heavy atom. The summed E-state index contributed by atoms with van der Waals surface area (Å²) in [6.45, 7) is 6.64. The SMILES string of the molecule is CC1CN(c2ccc(CNC(=O)CCCOc3cccc(Cl)c3Cl)cn2)CC(C)O1. The Balaban J connectivity index is 1.38. The molecule has 30 heavy (non-hydrogen) atoms. The summed E-state index contributed by atoms with van der Waals surface area (Å²) in [5, 5.41) is 3.75. The number of benzene rings is 1. The molecule has 2 heterocycles. The summed E-state index contributed by atoms with van der Waals surface area (Å²) < 4.78 is 11.4. The monoisotopic (exact) mass is 451 g/mol. The largest absolute Gasteiger partial charge is 0.492 e. The molecule has 2 unspecified atom stereocenters. The van der Waals surface area contributed by atoms with Gasteiger partial charge in [-0.2, -0.15) is 0 Å². The van der Waals surface area contributed by atoms with Crippen molar-refractivity contribution in [1.82, 2.24) is 10.3 Å². The van der Waals surface area contributed by atoms with Gasteiger partial charge in [-0.3, -0.25) is 4.79 Å². The first-order valence-corrected chi connectivity index (χ1v) is 10.9. The Labute approximate surface area is 187 Å². The number of aromatic nitrogens is 1. The Morgan fingerprint density at radius 3 is 2.70 bits per heavy atom. The number of anilines is 1. The molecular formula is C22H27Cl2N3O3. The number of amides is 1. The van der Waals surface area contributed by atoms with E-state index in [9.17, 15) is 4.79 Å². The Bertz CT molecular complexity index is 838. The zero-order valence-corrected chi connectivity index (χ0v) is 18.7. The van der Waals surface area contributed by atoms with E-state index in [1.165, 1.54) is 0 Å². The predicted molar refractivity (Wildman–Crippen MR) is 119 cm³/mol. The lowest BCUT2D eigenvalue weighted by atomic mass is 10.2. The molecule has 0 spiro atoms. The molecule has 0 saturated carbocycles. The molecule has 1 aromatic carbocycles. The first-order valence-electron chi connectivity index (χ1n) is 10.1. The number of nitrogens with one attached hydrogen (secondary N) is 1. The minimum absolute atomic E-state index is 0.0318. The van der Waals surface area contributed by atoms with E-state index in [1.54, 1.807) is 18.2 Å². The first-order chi connectivity index (χ1) is 14.4. The fraction of sp³-hybridized carbons (Fsp3) is 0.455. The van der Waals surface area contributed by atoms with Gasteiger partial charge in [0, 0.05) is 32.3 Å². The maximum absolute atomic E-state index is 12.1. The van der Waals surface area contributed by atoms with Gasteiger partial charge in [-0.15, -0.1) is 0 Å². The molecule has 1 aliphatic rings. The average molecular weight is 452 g/mol. The highest BCUT2D eigenvalue weighted by atomic mass is 35.5. The van der Waals surface area contributed by atoms with E-state index in [0.717, 1.165) is 24.5 Å². The third kappa shape index (κ3) is 6.49. The number of carbonyl (C=O) groups excluding carboxylic acids is 1. The summed E-state index contributed by atoms with van der Waals surface area (Å²) in [5.41, 5.74) is 0.961. The summed E-state index contributed by atoms with van der Waals surface area (Å²) in [6.07, 6.45) is 3.14. The lowest BCUT2D eigenvalue weighted by Crippen LogP contribution is -2.45. The highest BCUT2D eigenvalue weighted by molar-refractivity contribution is 6.42. The van der Waals surface area contributed by atoms with Gasteiger partial charge < -0.3 is 19.7 Å². The van der Waals surface area contributed by atoms with Crippen LogP contribution in [0.2, 0.25) is 10.0 Å². The van der Waals surface area contributed by atoms with Crippen molar-refractivity contribution < 1.29 is 14.3 Å². The molecule has 6 nitrogen and oxygen atoms in total. The summed E-state index contributed by atoms with van der Waals surface area (Å²) in [4.78, 5) is 18.9. The fourth-order valence-corrected chi connectivity index (χ4v) is 3.72. The van der Waals surface area contributed by atoms with Crippen LogP contribution in [0.4, 0.5) is 5.82 Å². The summed E-state index contributed by atoms with van der Waals surface area (Å²) in [6, 6.07) is 9.22. The quantitative estimate of drug-likeness (QED) is 0.599. The number of carbonyl (C=O) groups is 1. The number of pyridine rings is 1. The van der Waals surface area contributed by atoms with E-state index >= 15 is 0 Å².